The van der Waals surface area contributed by atoms with E-state index >= 15 is 0 Å². The highest BCUT2D eigenvalue weighted by atomic mass is 16.6. The summed E-state index contributed by atoms with van der Waals surface area (Å²) >= 11 is 0. The lowest BCUT2D eigenvalue weighted by Crippen LogP contribution is -2.39. The number of esters is 3. The van der Waals surface area contributed by atoms with E-state index in [4.69, 9.17) is 18.6 Å². The second kappa shape index (κ2) is 10.9. The highest BCUT2D eigenvalue weighted by molar-refractivity contribution is 6.01. The summed E-state index contributed by atoms with van der Waals surface area (Å²) in [6.45, 7) is 10.6. The second-order valence-electron chi connectivity index (χ2n) is 7.40. The van der Waals surface area contributed by atoms with Gasteiger partial charge in [-0.3, -0.25) is 14.4 Å². The van der Waals surface area contributed by atoms with Crippen molar-refractivity contribution in [2.24, 2.45) is 5.92 Å². The molecule has 0 aliphatic carbocycles. The van der Waals surface area contributed by atoms with E-state index in [1.165, 1.54) is 0 Å². The fraction of sp³-hybridized carbons (Fsp3) is 0.667. The minimum atomic E-state index is -1.50. The lowest BCUT2D eigenvalue weighted by molar-refractivity contribution is -0.172. The van der Waals surface area contributed by atoms with Gasteiger partial charge in [0.2, 0.25) is 0 Å². The molecule has 0 aliphatic heterocycles. The molecule has 1 heterocycles. The van der Waals surface area contributed by atoms with Crippen molar-refractivity contribution < 1.29 is 33.0 Å². The zero-order valence-electron chi connectivity index (χ0n) is 17.7. The first-order valence-electron chi connectivity index (χ1n) is 9.79. The van der Waals surface area contributed by atoms with Crippen molar-refractivity contribution in [3.05, 3.63) is 23.7 Å². The summed E-state index contributed by atoms with van der Waals surface area (Å²) in [7, 11) is 0. The normalized spacial score (nSPS) is 12.5. The topological polar surface area (TPSA) is 92.0 Å². The number of hydrogen-bond donors (Lipinski definition) is 0. The first kappa shape index (κ1) is 23.7. The van der Waals surface area contributed by atoms with Crippen LogP contribution in [0.3, 0.4) is 0 Å². The van der Waals surface area contributed by atoms with Crippen molar-refractivity contribution in [3.8, 4) is 0 Å². The summed E-state index contributed by atoms with van der Waals surface area (Å²) in [4.78, 5) is 38.0. The van der Waals surface area contributed by atoms with E-state index in [9.17, 15) is 14.4 Å². The number of unbranched alkanes of at least 4 members (excludes halogenated alkanes) is 1. The Morgan fingerprint density at radius 1 is 0.964 bits per heavy atom. The van der Waals surface area contributed by atoms with Gasteiger partial charge in [0.25, 0.3) is 0 Å². The highest BCUT2D eigenvalue weighted by Gasteiger charge is 2.46. The molecule has 158 valence electrons. The number of furan rings is 1. The van der Waals surface area contributed by atoms with Gasteiger partial charge in [0.05, 0.1) is 13.2 Å². The predicted molar refractivity (Wildman–Crippen MR) is 103 cm³/mol. The van der Waals surface area contributed by atoms with Crippen molar-refractivity contribution in [3.63, 3.8) is 0 Å². The zero-order chi connectivity index (χ0) is 21.3. The summed E-state index contributed by atoms with van der Waals surface area (Å²) in [5.41, 5.74) is -0.805. The van der Waals surface area contributed by atoms with Crippen LogP contribution in [0.5, 0.6) is 0 Å². The van der Waals surface area contributed by atoms with E-state index in [2.05, 4.69) is 6.92 Å². The quantitative estimate of drug-likeness (QED) is 0.337. The van der Waals surface area contributed by atoms with Crippen LogP contribution in [0, 0.1) is 5.92 Å². The van der Waals surface area contributed by atoms with E-state index in [1.54, 1.807) is 46.8 Å². The first-order valence-corrected chi connectivity index (χ1v) is 9.79. The van der Waals surface area contributed by atoms with E-state index in [1.807, 2.05) is 0 Å². The minimum Gasteiger partial charge on any atom is -0.465 e. The molecule has 1 aromatic heterocycles. The molecule has 7 nitrogen and oxygen atoms in total. The Morgan fingerprint density at radius 3 is 2.00 bits per heavy atom. The summed E-state index contributed by atoms with van der Waals surface area (Å²) in [5.74, 6) is -4.35. The third-order valence-corrected chi connectivity index (χ3v) is 3.84. The highest BCUT2D eigenvalue weighted by Crippen LogP contribution is 2.32. The Hall–Kier alpha value is -2.31. The minimum absolute atomic E-state index is 0.0652. The smallest absolute Gasteiger partial charge is 0.321 e. The lowest BCUT2D eigenvalue weighted by Gasteiger charge is -2.26. The molecular weight excluding hydrogens is 364 g/mol. The number of carbonyl (C=O) groups excluding carboxylic acids is 3. The molecule has 0 N–H and O–H groups in total. The Balaban J connectivity index is 3.35. The van der Waals surface area contributed by atoms with Crippen molar-refractivity contribution in [2.45, 2.75) is 72.3 Å². The Kier molecular flexibility index (Phi) is 9.22. The van der Waals surface area contributed by atoms with Gasteiger partial charge in [-0.25, -0.2) is 0 Å². The van der Waals surface area contributed by atoms with Crippen molar-refractivity contribution in [1.29, 1.82) is 0 Å². The van der Waals surface area contributed by atoms with Gasteiger partial charge in [-0.1, -0.05) is 13.3 Å². The van der Waals surface area contributed by atoms with Gasteiger partial charge >= 0.3 is 17.9 Å². The molecule has 1 aromatic rings. The van der Waals surface area contributed by atoms with E-state index in [-0.39, 0.29) is 19.0 Å². The molecule has 0 radical (unpaired) electrons. The van der Waals surface area contributed by atoms with Crippen LogP contribution in [-0.2, 0) is 35.0 Å². The van der Waals surface area contributed by atoms with Gasteiger partial charge in [-0.2, -0.15) is 0 Å². The van der Waals surface area contributed by atoms with Crippen molar-refractivity contribution in [1.82, 2.24) is 0 Å². The molecule has 0 aliphatic rings. The van der Waals surface area contributed by atoms with Gasteiger partial charge in [-0.15, -0.1) is 0 Å². The maximum atomic E-state index is 12.9. The number of hydrogen-bond acceptors (Lipinski definition) is 7. The lowest BCUT2D eigenvalue weighted by atomic mass is 9.89. The number of carbonyl (C=O) groups is 3. The van der Waals surface area contributed by atoms with E-state index in [0.717, 1.165) is 12.8 Å². The Morgan fingerprint density at radius 2 is 1.54 bits per heavy atom. The predicted octanol–water partition coefficient (Wildman–Crippen LogP) is 3.79. The molecule has 1 rings (SSSR count). The summed E-state index contributed by atoms with van der Waals surface area (Å²) in [5, 5.41) is 0. The van der Waals surface area contributed by atoms with Crippen LogP contribution >= 0.6 is 0 Å². The largest absolute Gasteiger partial charge is 0.465 e. The molecule has 0 amide bonds. The molecule has 28 heavy (non-hydrogen) atoms. The number of aryl methyl sites for hydroxylation is 1. The zero-order valence-corrected chi connectivity index (χ0v) is 17.7. The van der Waals surface area contributed by atoms with Crippen LogP contribution in [0.15, 0.2) is 16.5 Å². The molecule has 0 spiro atoms. The van der Waals surface area contributed by atoms with Crippen LogP contribution in [0.25, 0.3) is 0 Å². The maximum absolute atomic E-state index is 12.9. The summed E-state index contributed by atoms with van der Waals surface area (Å²) in [6, 6.07) is 3.35. The molecule has 0 aromatic carbocycles. The standard InChI is InChI=1S/C21H32O7/c1-7-10-11-14-12-13-15(27-14)16(20(24)28-21(4,5)6)17(18(22)25-8-2)19(23)26-9-3/h12-13,16-17H,7-11H2,1-6H3/t16-/m0/s1. The third-order valence-electron chi connectivity index (χ3n) is 3.84. The molecule has 1 atom stereocenters. The van der Waals surface area contributed by atoms with Gasteiger partial charge < -0.3 is 18.6 Å². The van der Waals surface area contributed by atoms with Gasteiger partial charge in [0.15, 0.2) is 5.92 Å². The number of rotatable bonds is 10. The monoisotopic (exact) mass is 396 g/mol. The molecule has 0 saturated heterocycles. The van der Waals surface area contributed by atoms with E-state index < -0.39 is 35.3 Å². The van der Waals surface area contributed by atoms with Crippen molar-refractivity contribution >= 4 is 17.9 Å². The van der Waals surface area contributed by atoms with Crippen LogP contribution in [-0.4, -0.2) is 36.7 Å². The van der Waals surface area contributed by atoms with Gasteiger partial charge in [0, 0.05) is 6.42 Å². The van der Waals surface area contributed by atoms with Gasteiger partial charge in [0.1, 0.15) is 23.0 Å². The molecule has 0 bridgehead atoms. The number of ether oxygens (including phenoxy) is 3. The fourth-order valence-electron chi connectivity index (χ4n) is 2.66. The Labute approximate surface area is 166 Å². The van der Waals surface area contributed by atoms with Crippen LogP contribution in [0.2, 0.25) is 0 Å². The Bertz CT molecular complexity index is 636. The molecule has 0 fully saturated rings. The second-order valence-corrected chi connectivity index (χ2v) is 7.40. The summed E-state index contributed by atoms with van der Waals surface area (Å²) in [6.07, 6.45) is 2.60. The van der Waals surface area contributed by atoms with Gasteiger partial charge in [-0.05, 0) is 53.2 Å². The molecule has 7 heteroatoms. The fourth-order valence-corrected chi connectivity index (χ4v) is 2.66. The molecular formula is C21H32O7. The third kappa shape index (κ3) is 7.02. The first-order chi connectivity index (χ1) is 13.1. The average molecular weight is 396 g/mol. The van der Waals surface area contributed by atoms with Crippen LogP contribution < -0.4 is 0 Å². The van der Waals surface area contributed by atoms with Crippen LogP contribution in [0.1, 0.15) is 71.8 Å². The SMILES string of the molecule is CCCCc1ccc([C@H](C(=O)OC(C)(C)C)C(C(=O)OCC)C(=O)OCC)o1. The van der Waals surface area contributed by atoms with Crippen LogP contribution in [0.4, 0.5) is 0 Å². The molecule has 0 unspecified atom stereocenters. The summed E-state index contributed by atoms with van der Waals surface area (Å²) < 4.78 is 21.3. The molecule has 0 saturated carbocycles. The maximum Gasteiger partial charge on any atom is 0.321 e. The average Bonchev–Trinajstić information content (AvgIpc) is 3.04. The van der Waals surface area contributed by atoms with Crippen molar-refractivity contribution in [2.75, 3.05) is 13.2 Å². The van der Waals surface area contributed by atoms with E-state index in [0.29, 0.717) is 12.2 Å².